The molecule has 0 radical (unpaired) electrons. The topological polar surface area (TPSA) is 98.3 Å². The fourth-order valence-electron chi connectivity index (χ4n) is 2.99. The average Bonchev–Trinajstić information content (AvgIpc) is 3.11. The number of benzene rings is 3. The van der Waals surface area contributed by atoms with Crippen LogP contribution in [0, 0.1) is 17.0 Å². The van der Waals surface area contributed by atoms with Crippen LogP contribution in [0.15, 0.2) is 65.1 Å². The molecule has 1 aromatic heterocycles. The number of nitro groups is 1. The first-order valence-corrected chi connectivity index (χ1v) is 9.02. The van der Waals surface area contributed by atoms with Gasteiger partial charge in [0.1, 0.15) is 5.52 Å². The Labute approximate surface area is 170 Å². The van der Waals surface area contributed by atoms with Crippen molar-refractivity contribution in [2.24, 2.45) is 0 Å². The van der Waals surface area contributed by atoms with Crippen molar-refractivity contribution in [3.05, 3.63) is 86.9 Å². The van der Waals surface area contributed by atoms with Crippen LogP contribution < -0.4 is 5.32 Å². The Morgan fingerprint density at radius 1 is 1.14 bits per heavy atom. The highest BCUT2D eigenvalue weighted by molar-refractivity contribution is 6.30. The number of aromatic nitrogens is 1. The minimum atomic E-state index is -0.508. The second kappa shape index (κ2) is 7.37. The lowest BCUT2D eigenvalue weighted by atomic mass is 10.1. The molecule has 1 heterocycles. The van der Waals surface area contributed by atoms with Gasteiger partial charge in [-0.2, -0.15) is 0 Å². The minimum Gasteiger partial charge on any atom is -0.436 e. The molecule has 1 amide bonds. The van der Waals surface area contributed by atoms with Gasteiger partial charge in [0.05, 0.1) is 4.92 Å². The van der Waals surface area contributed by atoms with E-state index in [2.05, 4.69) is 10.3 Å². The quantitative estimate of drug-likeness (QED) is 0.350. The Hall–Kier alpha value is -3.71. The molecule has 0 aliphatic carbocycles. The van der Waals surface area contributed by atoms with E-state index in [1.165, 1.54) is 12.1 Å². The zero-order chi connectivity index (χ0) is 20.5. The van der Waals surface area contributed by atoms with Crippen LogP contribution in [0.5, 0.6) is 0 Å². The van der Waals surface area contributed by atoms with Crippen LogP contribution in [-0.4, -0.2) is 15.8 Å². The van der Waals surface area contributed by atoms with E-state index in [0.29, 0.717) is 33.3 Å². The number of carbonyl (C=O) groups is 1. The number of amides is 1. The first kappa shape index (κ1) is 18.6. The number of anilines is 1. The van der Waals surface area contributed by atoms with Gasteiger partial charge in [-0.1, -0.05) is 17.7 Å². The summed E-state index contributed by atoms with van der Waals surface area (Å²) in [6, 6.07) is 16.6. The van der Waals surface area contributed by atoms with Crippen molar-refractivity contribution in [2.45, 2.75) is 6.92 Å². The Kier molecular flexibility index (Phi) is 4.74. The molecule has 1 N–H and O–H groups in total. The van der Waals surface area contributed by atoms with E-state index in [-0.39, 0.29) is 11.3 Å². The largest absolute Gasteiger partial charge is 0.436 e. The van der Waals surface area contributed by atoms with Crippen LogP contribution in [0.3, 0.4) is 0 Å². The number of hydrogen-bond donors (Lipinski definition) is 1. The van der Waals surface area contributed by atoms with E-state index in [1.54, 1.807) is 55.5 Å². The molecule has 29 heavy (non-hydrogen) atoms. The molecule has 0 saturated heterocycles. The molecule has 0 saturated carbocycles. The van der Waals surface area contributed by atoms with Gasteiger partial charge in [-0.15, -0.1) is 0 Å². The summed E-state index contributed by atoms with van der Waals surface area (Å²) in [5, 5.41) is 14.5. The van der Waals surface area contributed by atoms with Gasteiger partial charge in [-0.3, -0.25) is 14.9 Å². The van der Waals surface area contributed by atoms with Crippen molar-refractivity contribution in [1.82, 2.24) is 4.98 Å². The molecule has 4 rings (SSSR count). The molecule has 8 heteroatoms. The van der Waals surface area contributed by atoms with E-state index in [9.17, 15) is 14.9 Å². The Balaban J connectivity index is 1.62. The lowest BCUT2D eigenvalue weighted by Crippen LogP contribution is -2.14. The van der Waals surface area contributed by atoms with Crippen LogP contribution in [-0.2, 0) is 0 Å². The number of carbonyl (C=O) groups excluding carboxylic acids is 1. The zero-order valence-electron chi connectivity index (χ0n) is 15.2. The van der Waals surface area contributed by atoms with Crippen LogP contribution >= 0.6 is 11.6 Å². The van der Waals surface area contributed by atoms with Gasteiger partial charge in [0.15, 0.2) is 5.58 Å². The number of halogens is 1. The van der Waals surface area contributed by atoms with E-state index in [1.807, 2.05) is 0 Å². The number of hydrogen-bond acceptors (Lipinski definition) is 5. The summed E-state index contributed by atoms with van der Waals surface area (Å²) in [6.07, 6.45) is 0. The summed E-state index contributed by atoms with van der Waals surface area (Å²) in [6.45, 7) is 1.55. The van der Waals surface area contributed by atoms with Crippen molar-refractivity contribution in [2.75, 3.05) is 5.32 Å². The summed E-state index contributed by atoms with van der Waals surface area (Å²) in [7, 11) is 0. The highest BCUT2D eigenvalue weighted by Crippen LogP contribution is 2.28. The molecule has 0 atom stereocenters. The van der Waals surface area contributed by atoms with Crippen molar-refractivity contribution in [3.8, 4) is 11.5 Å². The third-order valence-electron chi connectivity index (χ3n) is 4.48. The molecule has 0 unspecified atom stereocenters. The summed E-state index contributed by atoms with van der Waals surface area (Å²) < 4.78 is 5.76. The zero-order valence-corrected chi connectivity index (χ0v) is 15.9. The summed E-state index contributed by atoms with van der Waals surface area (Å²) in [5.74, 6) is 0.00152. The normalized spacial score (nSPS) is 10.8. The molecular formula is C21H14ClN3O4. The van der Waals surface area contributed by atoms with E-state index < -0.39 is 10.8 Å². The standard InChI is InChI=1S/C21H14ClN3O4/c1-12-16(3-2-4-18(12)25(27)28)20(26)23-15-9-10-19-17(11-15)24-21(29-19)13-5-7-14(22)8-6-13/h2-11H,1H3,(H,23,26). The van der Waals surface area contributed by atoms with Gasteiger partial charge < -0.3 is 9.73 Å². The summed E-state index contributed by atoms with van der Waals surface area (Å²) >= 11 is 5.91. The van der Waals surface area contributed by atoms with E-state index >= 15 is 0 Å². The van der Waals surface area contributed by atoms with Gasteiger partial charge in [-0.25, -0.2) is 4.98 Å². The molecule has 0 aliphatic rings. The van der Waals surface area contributed by atoms with Gasteiger partial charge in [0.25, 0.3) is 11.6 Å². The number of rotatable bonds is 4. The molecule has 7 nitrogen and oxygen atoms in total. The summed E-state index contributed by atoms with van der Waals surface area (Å²) in [5.41, 5.74) is 2.87. The number of nitro benzene ring substituents is 1. The number of oxazole rings is 1. The molecule has 0 spiro atoms. The maximum absolute atomic E-state index is 12.6. The lowest BCUT2D eigenvalue weighted by Gasteiger charge is -2.07. The second-order valence-corrected chi connectivity index (χ2v) is 6.81. The van der Waals surface area contributed by atoms with Crippen molar-refractivity contribution in [1.29, 1.82) is 0 Å². The van der Waals surface area contributed by atoms with Crippen LogP contribution in [0.2, 0.25) is 5.02 Å². The third-order valence-corrected chi connectivity index (χ3v) is 4.74. The van der Waals surface area contributed by atoms with E-state index in [4.69, 9.17) is 16.0 Å². The van der Waals surface area contributed by atoms with Crippen molar-refractivity contribution >= 4 is 40.0 Å². The molecule has 144 valence electrons. The van der Waals surface area contributed by atoms with E-state index in [0.717, 1.165) is 5.56 Å². The highest BCUT2D eigenvalue weighted by Gasteiger charge is 2.18. The third kappa shape index (κ3) is 3.68. The number of fused-ring (bicyclic) bond motifs is 1. The number of nitrogens with one attached hydrogen (secondary N) is 1. The van der Waals surface area contributed by atoms with Crippen molar-refractivity contribution in [3.63, 3.8) is 0 Å². The SMILES string of the molecule is Cc1c(C(=O)Nc2ccc3oc(-c4ccc(Cl)cc4)nc3c2)cccc1[N+](=O)[O-]. The monoisotopic (exact) mass is 407 g/mol. The fraction of sp³-hybridized carbons (Fsp3) is 0.0476. The smallest absolute Gasteiger partial charge is 0.273 e. The Morgan fingerprint density at radius 3 is 2.62 bits per heavy atom. The minimum absolute atomic E-state index is 0.0998. The van der Waals surface area contributed by atoms with Gasteiger partial charge >= 0.3 is 0 Å². The fourth-order valence-corrected chi connectivity index (χ4v) is 3.11. The van der Waals surface area contributed by atoms with Gasteiger partial charge in [0.2, 0.25) is 5.89 Å². The number of nitrogens with zero attached hydrogens (tertiary/aromatic N) is 2. The molecule has 0 bridgehead atoms. The Morgan fingerprint density at radius 2 is 1.90 bits per heavy atom. The average molecular weight is 408 g/mol. The molecular weight excluding hydrogens is 394 g/mol. The highest BCUT2D eigenvalue weighted by atomic mass is 35.5. The maximum atomic E-state index is 12.6. The first-order chi connectivity index (χ1) is 13.9. The van der Waals surface area contributed by atoms with Crippen molar-refractivity contribution < 1.29 is 14.1 Å². The lowest BCUT2D eigenvalue weighted by molar-refractivity contribution is -0.385. The second-order valence-electron chi connectivity index (χ2n) is 6.37. The van der Waals surface area contributed by atoms with Gasteiger partial charge in [0, 0.05) is 33.5 Å². The molecule has 0 fully saturated rings. The van der Waals surface area contributed by atoms with Crippen LogP contribution in [0.4, 0.5) is 11.4 Å². The molecule has 4 aromatic rings. The van der Waals surface area contributed by atoms with Crippen LogP contribution in [0.1, 0.15) is 15.9 Å². The molecule has 0 aliphatic heterocycles. The van der Waals surface area contributed by atoms with Crippen LogP contribution in [0.25, 0.3) is 22.6 Å². The van der Waals surface area contributed by atoms with Gasteiger partial charge in [-0.05, 0) is 55.5 Å². The maximum Gasteiger partial charge on any atom is 0.273 e. The predicted octanol–water partition coefficient (Wildman–Crippen LogP) is 5.62. The predicted molar refractivity (Wildman–Crippen MR) is 110 cm³/mol. The molecule has 3 aromatic carbocycles. The summed E-state index contributed by atoms with van der Waals surface area (Å²) in [4.78, 5) is 27.7. The first-order valence-electron chi connectivity index (χ1n) is 8.64. The Bertz CT molecular complexity index is 1250.